The number of nitrogens with zero attached hydrogens (tertiary/aromatic N) is 3. The molecular formula is C15H14F6N4O2S. The van der Waals surface area contributed by atoms with Gasteiger partial charge in [0.05, 0.1) is 16.7 Å². The number of nitrogens with one attached hydrogen (secondary N) is 1. The molecule has 0 fully saturated rings. The highest BCUT2D eigenvalue weighted by Gasteiger charge is 2.47. The highest BCUT2D eigenvalue weighted by molar-refractivity contribution is 7.90. The number of rotatable bonds is 4. The molecule has 2 aromatic rings. The summed E-state index contributed by atoms with van der Waals surface area (Å²) in [5.74, 6) is 0. The molecule has 0 bridgehead atoms. The molecule has 0 aliphatic rings. The van der Waals surface area contributed by atoms with Crippen molar-refractivity contribution in [3.05, 3.63) is 58.0 Å². The maximum absolute atomic E-state index is 13.6. The minimum absolute atomic E-state index is 0.159. The minimum Gasteiger partial charge on any atom is -0.268 e. The topological polar surface area (TPSA) is 79.1 Å². The Labute approximate surface area is 155 Å². The second-order valence-electron chi connectivity index (χ2n) is 5.79. The fraction of sp³-hybridized carbons (Fsp3) is 0.333. The summed E-state index contributed by atoms with van der Waals surface area (Å²) in [6.07, 6.45) is -8.98. The maximum atomic E-state index is 13.6. The molecule has 2 rings (SSSR count). The molecule has 154 valence electrons. The molecular weight excluding hydrogens is 414 g/mol. The molecule has 0 amide bonds. The van der Waals surface area contributed by atoms with Gasteiger partial charge >= 0.3 is 12.4 Å². The van der Waals surface area contributed by atoms with E-state index >= 15 is 0 Å². The van der Waals surface area contributed by atoms with Crippen molar-refractivity contribution in [3.8, 4) is 0 Å². The van der Waals surface area contributed by atoms with E-state index in [-0.39, 0.29) is 4.31 Å². The van der Waals surface area contributed by atoms with Crippen molar-refractivity contribution in [1.82, 2.24) is 14.1 Å². The van der Waals surface area contributed by atoms with E-state index in [0.29, 0.717) is 24.3 Å². The average molecular weight is 428 g/mol. The van der Waals surface area contributed by atoms with Gasteiger partial charge in [0, 0.05) is 20.2 Å². The van der Waals surface area contributed by atoms with Crippen molar-refractivity contribution >= 4 is 9.92 Å². The van der Waals surface area contributed by atoms with Crippen LogP contribution in [0, 0.1) is 4.78 Å². The molecule has 13 heteroatoms. The van der Waals surface area contributed by atoms with Crippen molar-refractivity contribution in [2.75, 3.05) is 7.05 Å². The van der Waals surface area contributed by atoms with E-state index in [4.69, 9.17) is 4.78 Å². The third-order valence-electron chi connectivity index (χ3n) is 3.90. The van der Waals surface area contributed by atoms with Gasteiger partial charge in [0.2, 0.25) is 0 Å². The number of aryl methyl sites for hydroxylation is 1. The third-order valence-corrected chi connectivity index (χ3v) is 5.78. The van der Waals surface area contributed by atoms with Gasteiger partial charge in [0.1, 0.15) is 16.0 Å². The number of benzene rings is 1. The fourth-order valence-corrected chi connectivity index (χ4v) is 3.70. The first-order valence-electron chi connectivity index (χ1n) is 7.44. The molecule has 1 aromatic carbocycles. The van der Waals surface area contributed by atoms with Gasteiger partial charge in [0.25, 0.3) is 5.56 Å². The van der Waals surface area contributed by atoms with Gasteiger partial charge in [-0.1, -0.05) is 12.1 Å². The molecule has 6 nitrogen and oxygen atoms in total. The van der Waals surface area contributed by atoms with Gasteiger partial charge in [0.15, 0.2) is 0 Å². The zero-order valence-electron chi connectivity index (χ0n) is 14.4. The van der Waals surface area contributed by atoms with Crippen LogP contribution in [0.1, 0.15) is 17.2 Å². The van der Waals surface area contributed by atoms with Crippen LogP contribution in [0.4, 0.5) is 26.3 Å². The van der Waals surface area contributed by atoms with Gasteiger partial charge < -0.3 is 0 Å². The van der Waals surface area contributed by atoms with Crippen LogP contribution in [0.5, 0.6) is 0 Å². The lowest BCUT2D eigenvalue weighted by Crippen LogP contribution is -2.39. The summed E-state index contributed by atoms with van der Waals surface area (Å²) in [6.45, 7) is 0. The van der Waals surface area contributed by atoms with Crippen LogP contribution in [0.15, 0.2) is 46.2 Å². The van der Waals surface area contributed by atoms with E-state index < -0.39 is 49.9 Å². The lowest BCUT2D eigenvalue weighted by molar-refractivity contribution is -0.170. The van der Waals surface area contributed by atoms with Crippen LogP contribution in [-0.4, -0.2) is 31.5 Å². The van der Waals surface area contributed by atoms with E-state index in [2.05, 4.69) is 5.10 Å². The molecule has 28 heavy (non-hydrogen) atoms. The molecule has 0 saturated heterocycles. The standard InChI is InChI=1S/C15H14F6N4O2S/c1-24-12(26)7-11(8-23-24)28(22,27)25(2)13(15(19,20)21)9-3-5-10(6-4-9)14(16,17)18/h3-8,13,22H,1-2H3/t13-,28-/m1/s1. The van der Waals surface area contributed by atoms with Crippen LogP contribution in [0.25, 0.3) is 0 Å². The van der Waals surface area contributed by atoms with Gasteiger partial charge in [-0.2, -0.15) is 31.4 Å². The average Bonchev–Trinajstić information content (AvgIpc) is 2.55. The van der Waals surface area contributed by atoms with Gasteiger partial charge in [-0.25, -0.2) is 18.0 Å². The lowest BCUT2D eigenvalue weighted by atomic mass is 10.0. The predicted molar refractivity (Wildman–Crippen MR) is 86.6 cm³/mol. The SMILES string of the molecule is CN([C@H](c1ccc(C(F)(F)F)cc1)C(F)(F)F)[S@@](=N)(=O)c1cnn(C)c(=O)c1. The van der Waals surface area contributed by atoms with Crippen molar-refractivity contribution in [3.63, 3.8) is 0 Å². The number of hydrogen-bond donors (Lipinski definition) is 1. The van der Waals surface area contributed by atoms with Gasteiger partial charge in [-0.3, -0.25) is 4.79 Å². The second-order valence-corrected chi connectivity index (χ2v) is 7.89. The first-order chi connectivity index (χ1) is 12.7. The Bertz CT molecular complexity index is 1010. The van der Waals surface area contributed by atoms with E-state index in [9.17, 15) is 35.3 Å². The summed E-state index contributed by atoms with van der Waals surface area (Å²) in [6, 6.07) is 0.216. The van der Waals surface area contributed by atoms with Crippen molar-refractivity contribution < 1.29 is 30.6 Å². The Morgan fingerprint density at radius 3 is 2.11 bits per heavy atom. The minimum atomic E-state index is -5.06. The Morgan fingerprint density at radius 1 is 1.14 bits per heavy atom. The normalized spacial score (nSPS) is 16.0. The summed E-state index contributed by atoms with van der Waals surface area (Å²) >= 11 is 0. The van der Waals surface area contributed by atoms with E-state index in [1.165, 1.54) is 7.05 Å². The molecule has 0 aliphatic heterocycles. The molecule has 0 aliphatic carbocycles. The quantitative estimate of drug-likeness (QED) is 0.759. The molecule has 0 radical (unpaired) electrons. The van der Waals surface area contributed by atoms with Crippen molar-refractivity contribution in [1.29, 1.82) is 4.78 Å². The largest absolute Gasteiger partial charge is 0.416 e. The molecule has 1 heterocycles. The van der Waals surface area contributed by atoms with E-state index in [1.807, 2.05) is 0 Å². The van der Waals surface area contributed by atoms with E-state index in [1.54, 1.807) is 0 Å². The number of hydrogen-bond acceptors (Lipinski definition) is 4. The van der Waals surface area contributed by atoms with Crippen LogP contribution in [0.2, 0.25) is 0 Å². The van der Waals surface area contributed by atoms with Gasteiger partial charge in [-0.05, 0) is 17.7 Å². The first kappa shape index (κ1) is 21.9. The summed E-state index contributed by atoms with van der Waals surface area (Å²) < 4.78 is 100. The smallest absolute Gasteiger partial charge is 0.268 e. The highest BCUT2D eigenvalue weighted by atomic mass is 32.2. The molecule has 0 unspecified atom stereocenters. The Hall–Kier alpha value is -2.41. The molecule has 1 aromatic heterocycles. The lowest BCUT2D eigenvalue weighted by Gasteiger charge is -2.31. The first-order valence-corrected chi connectivity index (χ1v) is 8.96. The summed E-state index contributed by atoms with van der Waals surface area (Å²) in [5, 5.41) is 3.53. The number of alkyl halides is 6. The zero-order valence-corrected chi connectivity index (χ0v) is 15.2. The molecule has 0 saturated carbocycles. The summed E-state index contributed by atoms with van der Waals surface area (Å²) in [7, 11) is -2.34. The second kappa shape index (κ2) is 7.20. The van der Waals surface area contributed by atoms with E-state index in [0.717, 1.165) is 24.0 Å². The predicted octanol–water partition coefficient (Wildman–Crippen LogP) is 3.36. The van der Waals surface area contributed by atoms with Crippen molar-refractivity contribution in [2.24, 2.45) is 7.05 Å². The van der Waals surface area contributed by atoms with Crippen molar-refractivity contribution in [2.45, 2.75) is 23.3 Å². The number of halogens is 6. The van der Waals surface area contributed by atoms with Crippen LogP contribution in [0.3, 0.4) is 0 Å². The molecule has 2 atom stereocenters. The zero-order chi connectivity index (χ0) is 21.5. The fourth-order valence-electron chi connectivity index (χ4n) is 2.38. The van der Waals surface area contributed by atoms with Crippen LogP contribution in [-0.2, 0) is 23.1 Å². The maximum Gasteiger partial charge on any atom is 0.416 e. The molecule has 0 spiro atoms. The Morgan fingerprint density at radius 2 is 1.68 bits per heavy atom. The monoisotopic (exact) mass is 428 g/mol. The highest BCUT2D eigenvalue weighted by Crippen LogP contribution is 2.40. The third kappa shape index (κ3) is 4.35. The summed E-state index contributed by atoms with van der Waals surface area (Å²) in [5.41, 5.74) is -2.58. The Balaban J connectivity index is 2.53. The molecule has 1 N–H and O–H groups in total. The van der Waals surface area contributed by atoms with Crippen LogP contribution < -0.4 is 5.56 Å². The van der Waals surface area contributed by atoms with Gasteiger partial charge in [-0.15, -0.1) is 0 Å². The number of aromatic nitrogens is 2. The Kier molecular flexibility index (Phi) is 5.63. The van der Waals surface area contributed by atoms with Crippen LogP contribution >= 0.6 is 0 Å². The summed E-state index contributed by atoms with van der Waals surface area (Å²) in [4.78, 5) is 11.1.